The van der Waals surface area contributed by atoms with E-state index in [1.165, 1.54) is 0 Å². The molecular formula is HBCaO4Si. The van der Waals surface area contributed by atoms with Crippen molar-refractivity contribution in [2.45, 2.75) is 0 Å². The van der Waals surface area contributed by atoms with Crippen LogP contribution < -0.4 is 9.82 Å². The van der Waals surface area contributed by atoms with Gasteiger partial charge >= 0.3 is 37.7 Å². The molecule has 7 heavy (non-hydrogen) atoms. The Hall–Kier alpha value is 1.06. The first-order valence-corrected chi connectivity index (χ1v) is 2.58. The van der Waals surface area contributed by atoms with E-state index in [2.05, 4.69) is 0 Å². The Balaban J connectivity index is 0. The molecule has 0 fully saturated rings. The zero-order valence-electron chi connectivity index (χ0n) is 3.46. The van der Waals surface area contributed by atoms with Crippen LogP contribution in [0.2, 0.25) is 0 Å². The summed E-state index contributed by atoms with van der Waals surface area (Å²) in [6.07, 6.45) is 0. The fraction of sp³-hybridized carbons (Fsp3) is 0. The van der Waals surface area contributed by atoms with Gasteiger partial charge in [0.2, 0.25) is 6.71 Å². The van der Waals surface area contributed by atoms with Crippen molar-refractivity contribution in [1.82, 2.24) is 0 Å². The Kier molecular flexibility index (Phi) is 8.13. The van der Waals surface area contributed by atoms with Crippen molar-refractivity contribution in [2.75, 3.05) is 0 Å². The van der Waals surface area contributed by atoms with E-state index in [0.717, 1.165) is 0 Å². The third-order valence-electron chi connectivity index (χ3n) is 0.202. The minimum atomic E-state index is -3.45. The average molecular weight is 144 g/mol. The molecule has 0 radical (unpaired) electrons. The maximum Gasteiger partial charge on any atom is 2.00 e. The predicted octanol–water partition coefficient (Wildman–Crippen LogP) is -4.20. The summed E-state index contributed by atoms with van der Waals surface area (Å²) in [5.41, 5.74) is 0. The molecule has 0 saturated carbocycles. The van der Waals surface area contributed by atoms with Crippen molar-refractivity contribution < 1.29 is 19.3 Å². The van der Waals surface area contributed by atoms with Gasteiger partial charge in [-0.05, 0) is 0 Å². The van der Waals surface area contributed by atoms with Gasteiger partial charge in [-0.2, -0.15) is 0 Å². The van der Waals surface area contributed by atoms with E-state index in [4.69, 9.17) is 5.02 Å². The molecule has 4 nitrogen and oxygen atoms in total. The molecule has 0 spiro atoms. The molecule has 0 atom stereocenters. The third-order valence-corrected chi connectivity index (χ3v) is 0.605. The first kappa shape index (κ1) is 10.9. The SMILES string of the molecule is O=[Si]([O-])B([O-])O.[Ca+2]. The van der Waals surface area contributed by atoms with Gasteiger partial charge in [0, 0.05) is 0 Å². The predicted molar refractivity (Wildman–Crippen MR) is 20.2 cm³/mol. The molecule has 0 aliphatic rings. The van der Waals surface area contributed by atoms with Crippen LogP contribution in [-0.4, -0.2) is 58.3 Å². The topological polar surface area (TPSA) is 83.4 Å². The number of hydrogen-bond acceptors (Lipinski definition) is 4. The van der Waals surface area contributed by atoms with E-state index in [-0.39, 0.29) is 37.7 Å². The largest absolute Gasteiger partial charge is 2.00 e. The molecule has 0 heterocycles. The van der Waals surface area contributed by atoms with Crippen LogP contribution in [-0.2, 0) is 4.46 Å². The van der Waals surface area contributed by atoms with Gasteiger partial charge in [0.15, 0.2) is 0 Å². The van der Waals surface area contributed by atoms with Gasteiger partial charge in [-0.15, -0.1) is 0 Å². The molecular weight excluding hydrogens is 143 g/mol. The van der Waals surface area contributed by atoms with Crippen LogP contribution in [0.25, 0.3) is 0 Å². The van der Waals surface area contributed by atoms with E-state index in [9.17, 15) is 14.3 Å². The fourth-order valence-electron chi connectivity index (χ4n) is 0. The first-order chi connectivity index (χ1) is 2.64. The van der Waals surface area contributed by atoms with E-state index in [0.29, 0.717) is 0 Å². The zero-order chi connectivity index (χ0) is 5.15. The quantitative estimate of drug-likeness (QED) is 0.378. The summed E-state index contributed by atoms with van der Waals surface area (Å²) < 4.78 is 9.21. The summed E-state index contributed by atoms with van der Waals surface area (Å²) in [4.78, 5) is 9.21. The van der Waals surface area contributed by atoms with Crippen molar-refractivity contribution in [3.05, 3.63) is 0 Å². The molecule has 0 aliphatic heterocycles. The van der Waals surface area contributed by atoms with Crippen LogP contribution in [0.3, 0.4) is 0 Å². The van der Waals surface area contributed by atoms with Gasteiger partial charge in [0.05, 0.1) is 0 Å². The molecule has 0 saturated heterocycles. The van der Waals surface area contributed by atoms with Gasteiger partial charge in [-0.3, -0.25) is 0 Å². The Bertz CT molecular complexity index is 62.7. The normalized spacial score (nSPS) is 6.57. The molecule has 34 valence electrons. The molecule has 0 aromatic rings. The molecule has 0 rings (SSSR count). The molecule has 0 aliphatic carbocycles. The van der Waals surface area contributed by atoms with Gasteiger partial charge in [-0.25, -0.2) is 0 Å². The zero-order valence-corrected chi connectivity index (χ0v) is 6.66. The Morgan fingerprint density at radius 1 is 1.71 bits per heavy atom. The molecule has 0 amide bonds. The summed E-state index contributed by atoms with van der Waals surface area (Å²) in [6.45, 7) is -2.41. The number of rotatable bonds is 1. The second-order valence-electron chi connectivity index (χ2n) is 0.671. The summed E-state index contributed by atoms with van der Waals surface area (Å²) in [7, 11) is -3.45. The van der Waals surface area contributed by atoms with Gasteiger partial charge < -0.3 is 19.3 Å². The van der Waals surface area contributed by atoms with Crippen LogP contribution in [0, 0.1) is 0 Å². The average Bonchev–Trinajstić information content (AvgIpc) is 1.36. The number of hydrogen-bond donors (Lipinski definition) is 1. The fourth-order valence-corrected chi connectivity index (χ4v) is 0. The van der Waals surface area contributed by atoms with Gasteiger partial charge in [0.1, 0.15) is 8.80 Å². The minimum Gasteiger partial charge on any atom is -0.855 e. The van der Waals surface area contributed by atoms with Crippen LogP contribution in [0.4, 0.5) is 0 Å². The monoisotopic (exact) mass is 144 g/mol. The van der Waals surface area contributed by atoms with E-state index in [1.807, 2.05) is 0 Å². The Morgan fingerprint density at radius 3 is 1.86 bits per heavy atom. The first-order valence-electron chi connectivity index (χ1n) is 1.19. The van der Waals surface area contributed by atoms with Crippen LogP contribution >= 0.6 is 0 Å². The summed E-state index contributed by atoms with van der Waals surface area (Å²) in [6, 6.07) is 0. The van der Waals surface area contributed by atoms with Crippen molar-refractivity contribution in [1.29, 1.82) is 0 Å². The second kappa shape index (κ2) is 5.20. The van der Waals surface area contributed by atoms with Crippen LogP contribution in [0.1, 0.15) is 0 Å². The summed E-state index contributed by atoms with van der Waals surface area (Å²) in [5, 5.41) is 16.7. The molecule has 7 heteroatoms. The summed E-state index contributed by atoms with van der Waals surface area (Å²) >= 11 is 0. The molecule has 0 bridgehead atoms. The van der Waals surface area contributed by atoms with E-state index in [1.54, 1.807) is 0 Å². The van der Waals surface area contributed by atoms with E-state index >= 15 is 0 Å². The van der Waals surface area contributed by atoms with Crippen molar-refractivity contribution in [3.8, 4) is 0 Å². The second-order valence-corrected chi connectivity index (χ2v) is 1.80. The maximum atomic E-state index is 9.21. The van der Waals surface area contributed by atoms with Crippen molar-refractivity contribution in [2.24, 2.45) is 0 Å². The standard InChI is InChI=1S/BHO4Si.Ca/c2-1(3)6(4)5;/h2H;/q-2;+2. The van der Waals surface area contributed by atoms with Gasteiger partial charge in [0.25, 0.3) is 0 Å². The van der Waals surface area contributed by atoms with E-state index < -0.39 is 15.5 Å². The Labute approximate surface area is 72.0 Å². The van der Waals surface area contributed by atoms with Crippen LogP contribution in [0.15, 0.2) is 0 Å². The summed E-state index contributed by atoms with van der Waals surface area (Å²) in [5.74, 6) is 0. The Morgan fingerprint density at radius 2 is 1.86 bits per heavy atom. The molecule has 1 N–H and O–H groups in total. The van der Waals surface area contributed by atoms with Gasteiger partial charge in [-0.1, -0.05) is 0 Å². The third kappa shape index (κ3) is 7.06. The minimum absolute atomic E-state index is 0. The van der Waals surface area contributed by atoms with Crippen LogP contribution in [0.5, 0.6) is 0 Å². The smallest absolute Gasteiger partial charge is 0.855 e. The molecule has 0 aromatic heterocycles. The van der Waals surface area contributed by atoms with Crippen molar-refractivity contribution >= 4 is 53.2 Å². The van der Waals surface area contributed by atoms with Crippen molar-refractivity contribution in [3.63, 3.8) is 0 Å². The molecule has 0 aromatic carbocycles. The maximum absolute atomic E-state index is 9.21. The molecule has 0 unspecified atom stereocenters.